The molecule has 0 saturated heterocycles. The second-order valence-corrected chi connectivity index (χ2v) is 5.68. The van der Waals surface area contributed by atoms with Crippen LogP contribution in [0.25, 0.3) is 0 Å². The molecule has 5 heteroatoms. The molecule has 0 aliphatic carbocycles. The van der Waals surface area contributed by atoms with Crippen LogP contribution in [0.4, 0.5) is 5.69 Å². The zero-order valence-corrected chi connectivity index (χ0v) is 13.3. The molecule has 1 heterocycles. The fourth-order valence-electron chi connectivity index (χ4n) is 2.42. The van der Waals surface area contributed by atoms with E-state index in [2.05, 4.69) is 15.5 Å². The van der Waals surface area contributed by atoms with Crippen LogP contribution in [0.3, 0.4) is 0 Å². The van der Waals surface area contributed by atoms with Crippen LogP contribution < -0.4 is 5.32 Å². The van der Waals surface area contributed by atoms with Gasteiger partial charge in [0.15, 0.2) is 0 Å². The maximum atomic E-state index is 12.3. The fourth-order valence-corrected chi connectivity index (χ4v) is 2.42. The molecule has 0 bridgehead atoms. The Bertz CT molecular complexity index is 612. The number of nitrogens with one attached hydrogen (secondary N) is 2. The minimum Gasteiger partial charge on any atom is -0.396 e. The first-order chi connectivity index (χ1) is 10.5. The quantitative estimate of drug-likeness (QED) is 0.766. The van der Waals surface area contributed by atoms with E-state index >= 15 is 0 Å². The van der Waals surface area contributed by atoms with Crippen molar-refractivity contribution in [3.63, 3.8) is 0 Å². The van der Waals surface area contributed by atoms with E-state index in [4.69, 9.17) is 5.11 Å². The van der Waals surface area contributed by atoms with Gasteiger partial charge >= 0.3 is 0 Å². The summed E-state index contributed by atoms with van der Waals surface area (Å²) >= 11 is 0. The van der Waals surface area contributed by atoms with Crippen molar-refractivity contribution < 1.29 is 9.90 Å². The summed E-state index contributed by atoms with van der Waals surface area (Å²) in [6.45, 7) is 5.97. The zero-order chi connectivity index (χ0) is 16.1. The van der Waals surface area contributed by atoms with Crippen LogP contribution >= 0.6 is 0 Å². The first kappa shape index (κ1) is 16.2. The van der Waals surface area contributed by atoms with Crippen molar-refractivity contribution in [1.29, 1.82) is 0 Å². The standard InChI is InChI=1S/C17H23N3O2/c1-11(10-16-12(2)19-20-13(16)3)17(22)18-15-6-4-14(5-7-15)8-9-21/h4-7,11,21H,8-10H2,1-3H3,(H,18,22)(H,19,20). The molecule has 0 radical (unpaired) electrons. The SMILES string of the molecule is Cc1n[nH]c(C)c1CC(C)C(=O)Nc1ccc(CCO)cc1. The van der Waals surface area contributed by atoms with E-state index in [0.29, 0.717) is 12.8 Å². The van der Waals surface area contributed by atoms with E-state index in [9.17, 15) is 4.79 Å². The molecule has 1 aromatic carbocycles. The van der Waals surface area contributed by atoms with Crippen LogP contribution in [-0.4, -0.2) is 27.8 Å². The number of rotatable bonds is 6. The zero-order valence-electron chi connectivity index (χ0n) is 13.3. The number of hydrogen-bond acceptors (Lipinski definition) is 3. The number of aliphatic hydroxyl groups excluding tert-OH is 1. The molecule has 118 valence electrons. The largest absolute Gasteiger partial charge is 0.396 e. The average molecular weight is 301 g/mol. The third-order valence-corrected chi connectivity index (χ3v) is 3.86. The van der Waals surface area contributed by atoms with Gasteiger partial charge in [-0.25, -0.2) is 0 Å². The number of amides is 1. The van der Waals surface area contributed by atoms with Gasteiger partial charge in [-0.05, 0) is 49.9 Å². The van der Waals surface area contributed by atoms with Gasteiger partial charge in [0.2, 0.25) is 5.91 Å². The van der Waals surface area contributed by atoms with Crippen LogP contribution in [0.5, 0.6) is 0 Å². The highest BCUT2D eigenvalue weighted by Gasteiger charge is 2.17. The van der Waals surface area contributed by atoms with Gasteiger partial charge in [-0.1, -0.05) is 19.1 Å². The minimum atomic E-state index is -0.132. The van der Waals surface area contributed by atoms with E-state index in [1.165, 1.54) is 0 Å². The van der Waals surface area contributed by atoms with Crippen molar-refractivity contribution >= 4 is 11.6 Å². The Hall–Kier alpha value is -2.14. The Balaban J connectivity index is 1.96. The Morgan fingerprint density at radius 2 is 2.00 bits per heavy atom. The second-order valence-electron chi connectivity index (χ2n) is 5.68. The van der Waals surface area contributed by atoms with Gasteiger partial charge in [0.25, 0.3) is 0 Å². The molecule has 3 N–H and O–H groups in total. The van der Waals surface area contributed by atoms with Gasteiger partial charge in [0, 0.05) is 23.9 Å². The molecule has 0 aliphatic heterocycles. The number of nitrogens with zero attached hydrogens (tertiary/aromatic N) is 1. The first-order valence-electron chi connectivity index (χ1n) is 7.52. The molecule has 0 fully saturated rings. The van der Waals surface area contributed by atoms with Crippen LogP contribution in [0, 0.1) is 19.8 Å². The summed E-state index contributed by atoms with van der Waals surface area (Å²) in [7, 11) is 0. The van der Waals surface area contributed by atoms with Crippen molar-refractivity contribution in [1.82, 2.24) is 10.2 Å². The van der Waals surface area contributed by atoms with E-state index in [1.807, 2.05) is 45.0 Å². The van der Waals surface area contributed by atoms with Gasteiger partial charge in [-0.2, -0.15) is 5.10 Å². The Morgan fingerprint density at radius 3 is 2.55 bits per heavy atom. The van der Waals surface area contributed by atoms with Crippen molar-refractivity contribution in [3.05, 3.63) is 46.8 Å². The summed E-state index contributed by atoms with van der Waals surface area (Å²) in [5.41, 5.74) is 4.91. The normalized spacial score (nSPS) is 12.2. The molecule has 22 heavy (non-hydrogen) atoms. The molecule has 2 aromatic rings. The molecule has 0 aliphatic rings. The highest BCUT2D eigenvalue weighted by atomic mass is 16.2. The highest BCUT2D eigenvalue weighted by Crippen LogP contribution is 2.17. The summed E-state index contributed by atoms with van der Waals surface area (Å²) in [6.07, 6.45) is 1.30. The summed E-state index contributed by atoms with van der Waals surface area (Å²) in [6, 6.07) is 7.57. The van der Waals surface area contributed by atoms with E-state index in [-0.39, 0.29) is 18.4 Å². The molecular formula is C17H23N3O2. The number of carbonyl (C=O) groups is 1. The monoisotopic (exact) mass is 301 g/mol. The number of aliphatic hydroxyl groups is 1. The number of aromatic nitrogens is 2. The maximum absolute atomic E-state index is 12.3. The van der Waals surface area contributed by atoms with Crippen LogP contribution in [-0.2, 0) is 17.6 Å². The molecule has 1 amide bonds. The molecule has 1 atom stereocenters. The number of benzene rings is 1. The fraction of sp³-hybridized carbons (Fsp3) is 0.412. The molecule has 1 aromatic heterocycles. The van der Waals surface area contributed by atoms with Crippen LogP contribution in [0.15, 0.2) is 24.3 Å². The topological polar surface area (TPSA) is 78.0 Å². The third-order valence-electron chi connectivity index (χ3n) is 3.86. The van der Waals surface area contributed by atoms with E-state index < -0.39 is 0 Å². The molecular weight excluding hydrogens is 278 g/mol. The second kappa shape index (κ2) is 7.22. The third kappa shape index (κ3) is 3.95. The number of H-pyrrole nitrogens is 1. The highest BCUT2D eigenvalue weighted by molar-refractivity contribution is 5.92. The van der Waals surface area contributed by atoms with E-state index in [1.54, 1.807) is 0 Å². The van der Waals surface area contributed by atoms with Gasteiger partial charge in [0.05, 0.1) is 5.69 Å². The molecule has 5 nitrogen and oxygen atoms in total. The summed E-state index contributed by atoms with van der Waals surface area (Å²) in [4.78, 5) is 12.3. The average Bonchev–Trinajstić information content (AvgIpc) is 2.81. The number of carbonyl (C=O) groups excluding carboxylic acids is 1. The molecule has 2 rings (SSSR count). The first-order valence-corrected chi connectivity index (χ1v) is 7.52. The lowest BCUT2D eigenvalue weighted by Gasteiger charge is -2.13. The van der Waals surface area contributed by atoms with Crippen molar-refractivity contribution in [2.75, 3.05) is 11.9 Å². The van der Waals surface area contributed by atoms with Crippen molar-refractivity contribution in [2.24, 2.45) is 5.92 Å². The maximum Gasteiger partial charge on any atom is 0.227 e. The Labute approximate surface area is 130 Å². The van der Waals surface area contributed by atoms with Gasteiger partial charge in [-0.3, -0.25) is 9.89 Å². The Kier molecular flexibility index (Phi) is 5.33. The number of aryl methyl sites for hydroxylation is 2. The number of hydrogen-bond donors (Lipinski definition) is 3. The van der Waals surface area contributed by atoms with Gasteiger partial charge < -0.3 is 10.4 Å². The lowest BCUT2D eigenvalue weighted by Crippen LogP contribution is -2.22. The summed E-state index contributed by atoms with van der Waals surface area (Å²) < 4.78 is 0. The van der Waals surface area contributed by atoms with E-state index in [0.717, 1.165) is 28.2 Å². The Morgan fingerprint density at radius 1 is 1.32 bits per heavy atom. The van der Waals surface area contributed by atoms with Gasteiger partial charge in [-0.15, -0.1) is 0 Å². The minimum absolute atomic E-state index is 0.00471. The predicted molar refractivity (Wildman–Crippen MR) is 86.8 cm³/mol. The number of anilines is 1. The van der Waals surface area contributed by atoms with Crippen molar-refractivity contribution in [2.45, 2.75) is 33.6 Å². The summed E-state index contributed by atoms with van der Waals surface area (Å²) in [5, 5.41) is 18.9. The van der Waals surface area contributed by atoms with Crippen molar-refractivity contribution in [3.8, 4) is 0 Å². The molecule has 1 unspecified atom stereocenters. The predicted octanol–water partition coefficient (Wildman–Crippen LogP) is 2.38. The molecule has 0 saturated carbocycles. The molecule has 0 spiro atoms. The van der Waals surface area contributed by atoms with Gasteiger partial charge in [0.1, 0.15) is 0 Å². The lowest BCUT2D eigenvalue weighted by atomic mass is 9.99. The smallest absolute Gasteiger partial charge is 0.227 e. The number of aromatic amines is 1. The summed E-state index contributed by atoms with van der Waals surface area (Å²) in [5.74, 6) is -0.137. The lowest BCUT2D eigenvalue weighted by molar-refractivity contribution is -0.119. The van der Waals surface area contributed by atoms with Crippen LogP contribution in [0.2, 0.25) is 0 Å². The van der Waals surface area contributed by atoms with Crippen LogP contribution in [0.1, 0.15) is 29.4 Å².